The van der Waals surface area contributed by atoms with Crippen molar-refractivity contribution in [1.29, 1.82) is 0 Å². The summed E-state index contributed by atoms with van der Waals surface area (Å²) in [5.74, 6) is 0.289. The zero-order valence-corrected chi connectivity index (χ0v) is 17.1. The van der Waals surface area contributed by atoms with Crippen molar-refractivity contribution in [3.63, 3.8) is 0 Å². The van der Waals surface area contributed by atoms with Gasteiger partial charge in [0.15, 0.2) is 11.5 Å². The average molecular weight is 428 g/mol. The van der Waals surface area contributed by atoms with Gasteiger partial charge in [0.25, 0.3) is 5.91 Å². The summed E-state index contributed by atoms with van der Waals surface area (Å²) in [6, 6.07) is 12.7. The molecule has 4 rings (SSSR count). The van der Waals surface area contributed by atoms with E-state index in [1.807, 2.05) is 24.3 Å². The fourth-order valence-corrected chi connectivity index (χ4v) is 4.01. The molecule has 3 aromatic rings. The number of aromatic nitrogens is 2. The van der Waals surface area contributed by atoms with Gasteiger partial charge in [0.05, 0.1) is 5.56 Å². The van der Waals surface area contributed by atoms with Crippen LogP contribution < -0.4 is 10.2 Å². The van der Waals surface area contributed by atoms with Crippen molar-refractivity contribution < 1.29 is 18.0 Å². The van der Waals surface area contributed by atoms with Crippen LogP contribution in [0.3, 0.4) is 0 Å². The van der Waals surface area contributed by atoms with E-state index in [0.29, 0.717) is 17.0 Å². The summed E-state index contributed by atoms with van der Waals surface area (Å²) in [5.41, 5.74) is -0.223. The van der Waals surface area contributed by atoms with E-state index in [1.54, 1.807) is 6.07 Å². The lowest BCUT2D eigenvalue weighted by atomic mass is 10.0. The summed E-state index contributed by atoms with van der Waals surface area (Å²) in [6.45, 7) is 3.01. The van der Waals surface area contributed by atoms with Crippen molar-refractivity contribution in [2.75, 3.05) is 11.4 Å². The minimum Gasteiger partial charge on any atom is -0.352 e. The van der Waals surface area contributed by atoms with Crippen molar-refractivity contribution in [2.45, 2.75) is 44.9 Å². The quantitative estimate of drug-likeness (QED) is 0.638. The van der Waals surface area contributed by atoms with Crippen molar-refractivity contribution >= 4 is 22.5 Å². The molecule has 1 aliphatic heterocycles. The number of fused-ring (bicyclic) bond motifs is 1. The van der Waals surface area contributed by atoms with Gasteiger partial charge in [0.2, 0.25) is 0 Å². The van der Waals surface area contributed by atoms with Crippen molar-refractivity contribution in [2.24, 2.45) is 0 Å². The first-order chi connectivity index (χ1) is 14.8. The van der Waals surface area contributed by atoms with Crippen LogP contribution in [0, 0.1) is 0 Å². The molecule has 2 heterocycles. The average Bonchev–Trinajstić information content (AvgIpc) is 2.77. The Morgan fingerprint density at radius 3 is 2.61 bits per heavy atom. The molecule has 1 N–H and O–H groups in total. The Morgan fingerprint density at radius 1 is 1.10 bits per heavy atom. The SMILES string of the molecule is C[C@@H]1CCCCN1c1nnc(C(=O)NCc2cccc(C(F)(F)F)c2)c2ccccc12. The first kappa shape index (κ1) is 21.1. The summed E-state index contributed by atoms with van der Waals surface area (Å²) in [4.78, 5) is 15.0. The first-order valence-electron chi connectivity index (χ1n) is 10.3. The maximum atomic E-state index is 12.9. The number of halogens is 3. The van der Waals surface area contributed by atoms with Gasteiger partial charge in [-0.05, 0) is 43.9 Å². The standard InChI is InChI=1S/C23H23F3N4O/c1-15-7-4-5-12-30(15)21-19-11-3-2-10-18(19)20(28-29-21)22(31)27-14-16-8-6-9-17(13-16)23(24,25)26/h2-3,6,8-11,13,15H,4-5,7,12,14H2,1H3,(H,27,31)/t15-/m1/s1. The normalized spacial score (nSPS) is 17.0. The van der Waals surface area contributed by atoms with Gasteiger partial charge in [-0.3, -0.25) is 4.79 Å². The molecule has 2 aromatic carbocycles. The second kappa shape index (κ2) is 8.53. The zero-order chi connectivity index (χ0) is 22.0. The molecule has 0 bridgehead atoms. The molecule has 1 aliphatic rings. The van der Waals surface area contributed by atoms with Crippen LogP contribution in [0.4, 0.5) is 19.0 Å². The lowest BCUT2D eigenvalue weighted by Gasteiger charge is -2.34. The summed E-state index contributed by atoms with van der Waals surface area (Å²) in [6.07, 6.45) is -1.09. The molecule has 0 spiro atoms. The number of hydrogen-bond acceptors (Lipinski definition) is 4. The topological polar surface area (TPSA) is 58.1 Å². The second-order valence-electron chi connectivity index (χ2n) is 7.84. The third-order valence-electron chi connectivity index (χ3n) is 5.67. The number of anilines is 1. The van der Waals surface area contributed by atoms with E-state index in [0.717, 1.165) is 42.7 Å². The maximum absolute atomic E-state index is 12.9. The summed E-state index contributed by atoms with van der Waals surface area (Å²) < 4.78 is 38.7. The molecular weight excluding hydrogens is 405 g/mol. The lowest BCUT2D eigenvalue weighted by molar-refractivity contribution is -0.137. The van der Waals surface area contributed by atoms with E-state index in [-0.39, 0.29) is 12.2 Å². The molecule has 5 nitrogen and oxygen atoms in total. The fourth-order valence-electron chi connectivity index (χ4n) is 4.01. The molecule has 162 valence electrons. The summed E-state index contributed by atoms with van der Waals surface area (Å²) >= 11 is 0. The Labute approximate surface area is 178 Å². The molecule has 1 amide bonds. The molecule has 1 aromatic heterocycles. The highest BCUT2D eigenvalue weighted by Gasteiger charge is 2.30. The van der Waals surface area contributed by atoms with E-state index in [1.165, 1.54) is 12.5 Å². The highest BCUT2D eigenvalue weighted by molar-refractivity contribution is 6.07. The largest absolute Gasteiger partial charge is 0.416 e. The van der Waals surface area contributed by atoms with Crippen LogP contribution in [0.5, 0.6) is 0 Å². The van der Waals surface area contributed by atoms with Gasteiger partial charge in [-0.15, -0.1) is 10.2 Å². The number of amides is 1. The van der Waals surface area contributed by atoms with E-state index in [2.05, 4.69) is 27.3 Å². The fraction of sp³-hybridized carbons (Fsp3) is 0.348. The van der Waals surface area contributed by atoms with Gasteiger partial charge in [-0.1, -0.05) is 36.4 Å². The molecule has 31 heavy (non-hydrogen) atoms. The van der Waals surface area contributed by atoms with Crippen molar-refractivity contribution in [3.05, 3.63) is 65.4 Å². The number of alkyl halides is 3. The number of nitrogens with one attached hydrogen (secondary N) is 1. The molecule has 1 atom stereocenters. The predicted molar refractivity (Wildman–Crippen MR) is 113 cm³/mol. The number of carbonyl (C=O) groups is 1. The molecule has 1 saturated heterocycles. The monoisotopic (exact) mass is 428 g/mol. The van der Waals surface area contributed by atoms with Gasteiger partial charge in [-0.2, -0.15) is 13.2 Å². The molecule has 0 radical (unpaired) electrons. The molecule has 0 aliphatic carbocycles. The van der Waals surface area contributed by atoms with E-state index < -0.39 is 17.6 Å². The third kappa shape index (κ3) is 4.47. The number of piperidine rings is 1. The van der Waals surface area contributed by atoms with E-state index >= 15 is 0 Å². The van der Waals surface area contributed by atoms with Crippen LogP contribution in [0.15, 0.2) is 48.5 Å². The predicted octanol–water partition coefficient (Wildman–Crippen LogP) is 4.96. The number of nitrogens with zero attached hydrogens (tertiary/aromatic N) is 3. The summed E-state index contributed by atoms with van der Waals surface area (Å²) in [5, 5.41) is 12.8. The highest BCUT2D eigenvalue weighted by atomic mass is 19.4. The number of hydrogen-bond donors (Lipinski definition) is 1. The number of carbonyl (C=O) groups excluding carboxylic acids is 1. The lowest BCUT2D eigenvalue weighted by Crippen LogP contribution is -2.38. The molecule has 0 unspecified atom stereocenters. The smallest absolute Gasteiger partial charge is 0.352 e. The Hall–Kier alpha value is -3.16. The Bertz CT molecular complexity index is 1100. The van der Waals surface area contributed by atoms with Crippen LogP contribution in [0.2, 0.25) is 0 Å². The highest BCUT2D eigenvalue weighted by Crippen LogP contribution is 2.31. The maximum Gasteiger partial charge on any atom is 0.416 e. The summed E-state index contributed by atoms with van der Waals surface area (Å²) in [7, 11) is 0. The van der Waals surface area contributed by atoms with Gasteiger partial charge < -0.3 is 10.2 Å². The van der Waals surface area contributed by atoms with E-state index in [4.69, 9.17) is 0 Å². The molecule has 0 saturated carbocycles. The first-order valence-corrected chi connectivity index (χ1v) is 10.3. The van der Waals surface area contributed by atoms with Gasteiger partial charge in [0.1, 0.15) is 0 Å². The Morgan fingerprint density at radius 2 is 1.87 bits per heavy atom. The molecule has 1 fully saturated rings. The van der Waals surface area contributed by atoms with Crippen LogP contribution in [-0.2, 0) is 12.7 Å². The van der Waals surface area contributed by atoms with Crippen molar-refractivity contribution in [1.82, 2.24) is 15.5 Å². The molecule has 8 heteroatoms. The zero-order valence-electron chi connectivity index (χ0n) is 17.1. The number of rotatable bonds is 4. The second-order valence-corrected chi connectivity index (χ2v) is 7.84. The molecular formula is C23H23F3N4O. The van der Waals surface area contributed by atoms with Gasteiger partial charge in [0, 0.05) is 29.9 Å². The van der Waals surface area contributed by atoms with E-state index in [9.17, 15) is 18.0 Å². The Balaban J connectivity index is 1.59. The van der Waals surface area contributed by atoms with Gasteiger partial charge >= 0.3 is 6.18 Å². The Kier molecular flexibility index (Phi) is 5.80. The number of benzene rings is 2. The minimum absolute atomic E-state index is 0.0380. The minimum atomic E-state index is -4.43. The van der Waals surface area contributed by atoms with Crippen molar-refractivity contribution in [3.8, 4) is 0 Å². The third-order valence-corrected chi connectivity index (χ3v) is 5.67. The van der Waals surface area contributed by atoms with Crippen LogP contribution in [-0.4, -0.2) is 28.7 Å². The van der Waals surface area contributed by atoms with Crippen LogP contribution in [0.1, 0.15) is 47.8 Å². The van der Waals surface area contributed by atoms with Crippen LogP contribution >= 0.6 is 0 Å². The van der Waals surface area contributed by atoms with Crippen LogP contribution in [0.25, 0.3) is 10.8 Å². The van der Waals surface area contributed by atoms with Gasteiger partial charge in [-0.25, -0.2) is 0 Å².